The van der Waals surface area contributed by atoms with Gasteiger partial charge in [-0.15, -0.1) is 0 Å². The molecule has 0 aromatic heterocycles. The SMILES string of the molecule is CCCC(CC)(CC)OCCC(N)=O. The van der Waals surface area contributed by atoms with Gasteiger partial charge in [0.1, 0.15) is 0 Å². The molecular formula is C11H23NO2. The van der Waals surface area contributed by atoms with E-state index in [0.717, 1.165) is 25.7 Å². The van der Waals surface area contributed by atoms with Crippen molar-refractivity contribution in [3.8, 4) is 0 Å². The molecule has 0 aliphatic carbocycles. The summed E-state index contributed by atoms with van der Waals surface area (Å²) in [5, 5.41) is 0. The molecule has 0 aliphatic rings. The second-order valence-electron chi connectivity index (χ2n) is 3.70. The van der Waals surface area contributed by atoms with E-state index in [4.69, 9.17) is 10.5 Å². The number of rotatable bonds is 8. The minimum absolute atomic E-state index is 0.0375. The first-order chi connectivity index (χ1) is 6.60. The van der Waals surface area contributed by atoms with Gasteiger partial charge in [-0.05, 0) is 19.3 Å². The van der Waals surface area contributed by atoms with Crippen LogP contribution in [0.15, 0.2) is 0 Å². The lowest BCUT2D eigenvalue weighted by Gasteiger charge is -2.31. The minimum atomic E-state index is -0.289. The molecule has 0 rings (SSSR count). The van der Waals surface area contributed by atoms with E-state index in [1.165, 1.54) is 0 Å². The Bertz CT molecular complexity index is 165. The van der Waals surface area contributed by atoms with Crippen LogP contribution in [0.4, 0.5) is 0 Å². The minimum Gasteiger partial charge on any atom is -0.374 e. The third-order valence-electron chi connectivity index (χ3n) is 2.75. The summed E-state index contributed by atoms with van der Waals surface area (Å²) in [7, 11) is 0. The molecule has 0 aromatic rings. The molecule has 84 valence electrons. The van der Waals surface area contributed by atoms with Gasteiger partial charge >= 0.3 is 0 Å². The van der Waals surface area contributed by atoms with Crippen LogP contribution in [0.5, 0.6) is 0 Å². The molecule has 1 amide bonds. The van der Waals surface area contributed by atoms with Crippen molar-refractivity contribution < 1.29 is 9.53 Å². The second kappa shape index (κ2) is 6.82. The Labute approximate surface area is 87.0 Å². The van der Waals surface area contributed by atoms with E-state index in [2.05, 4.69) is 20.8 Å². The zero-order chi connectivity index (χ0) is 11.0. The van der Waals surface area contributed by atoms with E-state index in [9.17, 15) is 4.79 Å². The maximum atomic E-state index is 10.6. The highest BCUT2D eigenvalue weighted by atomic mass is 16.5. The first-order valence-corrected chi connectivity index (χ1v) is 5.52. The fourth-order valence-corrected chi connectivity index (χ4v) is 1.70. The molecule has 0 saturated carbocycles. The molecule has 0 aromatic carbocycles. The molecular weight excluding hydrogens is 178 g/mol. The van der Waals surface area contributed by atoms with E-state index >= 15 is 0 Å². The average Bonchev–Trinajstić information content (AvgIpc) is 2.16. The quantitative estimate of drug-likeness (QED) is 0.654. The Morgan fingerprint density at radius 1 is 1.29 bits per heavy atom. The third-order valence-corrected chi connectivity index (χ3v) is 2.75. The fraction of sp³-hybridized carbons (Fsp3) is 0.909. The molecule has 0 unspecified atom stereocenters. The smallest absolute Gasteiger partial charge is 0.219 e. The van der Waals surface area contributed by atoms with Gasteiger partial charge in [0.15, 0.2) is 0 Å². The highest BCUT2D eigenvalue weighted by molar-refractivity contribution is 5.73. The topological polar surface area (TPSA) is 52.3 Å². The van der Waals surface area contributed by atoms with Crippen molar-refractivity contribution in [2.45, 2.75) is 58.5 Å². The Balaban J connectivity index is 4.00. The second-order valence-corrected chi connectivity index (χ2v) is 3.70. The monoisotopic (exact) mass is 201 g/mol. The van der Waals surface area contributed by atoms with E-state index < -0.39 is 0 Å². The number of carbonyl (C=O) groups is 1. The largest absolute Gasteiger partial charge is 0.374 e. The van der Waals surface area contributed by atoms with Crippen LogP contribution in [0.2, 0.25) is 0 Å². The molecule has 0 saturated heterocycles. The Morgan fingerprint density at radius 3 is 2.21 bits per heavy atom. The number of nitrogens with two attached hydrogens (primary N) is 1. The van der Waals surface area contributed by atoms with Gasteiger partial charge < -0.3 is 10.5 Å². The average molecular weight is 201 g/mol. The van der Waals surface area contributed by atoms with Gasteiger partial charge in [-0.25, -0.2) is 0 Å². The van der Waals surface area contributed by atoms with Crippen molar-refractivity contribution in [3.63, 3.8) is 0 Å². The van der Waals surface area contributed by atoms with Gasteiger partial charge in [-0.2, -0.15) is 0 Å². The maximum Gasteiger partial charge on any atom is 0.219 e. The predicted octanol–water partition coefficient (Wildman–Crippen LogP) is 2.24. The highest BCUT2D eigenvalue weighted by Gasteiger charge is 2.25. The molecule has 0 radical (unpaired) electrons. The molecule has 0 fully saturated rings. The summed E-state index contributed by atoms with van der Waals surface area (Å²) in [6.07, 6.45) is 4.48. The fourth-order valence-electron chi connectivity index (χ4n) is 1.70. The van der Waals surface area contributed by atoms with Gasteiger partial charge in [0.05, 0.1) is 12.2 Å². The summed E-state index contributed by atoms with van der Waals surface area (Å²) in [6, 6.07) is 0. The van der Waals surface area contributed by atoms with Crippen LogP contribution in [0.1, 0.15) is 52.9 Å². The Morgan fingerprint density at radius 2 is 1.86 bits per heavy atom. The highest BCUT2D eigenvalue weighted by Crippen LogP contribution is 2.26. The lowest BCUT2D eigenvalue weighted by Crippen LogP contribution is -2.32. The van der Waals surface area contributed by atoms with Crippen molar-refractivity contribution in [3.05, 3.63) is 0 Å². The number of hydrogen-bond donors (Lipinski definition) is 1. The van der Waals surface area contributed by atoms with Crippen molar-refractivity contribution in [2.75, 3.05) is 6.61 Å². The molecule has 2 N–H and O–H groups in total. The van der Waals surface area contributed by atoms with Gasteiger partial charge in [-0.1, -0.05) is 27.2 Å². The number of hydrogen-bond acceptors (Lipinski definition) is 2. The lowest BCUT2D eigenvalue weighted by molar-refractivity contribution is -0.121. The van der Waals surface area contributed by atoms with Gasteiger partial charge in [0.2, 0.25) is 5.91 Å². The van der Waals surface area contributed by atoms with Crippen LogP contribution in [0.3, 0.4) is 0 Å². The van der Waals surface area contributed by atoms with Gasteiger partial charge in [-0.3, -0.25) is 4.79 Å². The van der Waals surface area contributed by atoms with Crippen molar-refractivity contribution >= 4 is 5.91 Å². The summed E-state index contributed by atoms with van der Waals surface area (Å²) in [5.41, 5.74) is 5.02. The van der Waals surface area contributed by atoms with Crippen molar-refractivity contribution in [1.82, 2.24) is 0 Å². The summed E-state index contributed by atoms with van der Waals surface area (Å²) < 4.78 is 5.78. The Kier molecular flexibility index (Phi) is 6.54. The number of primary amides is 1. The van der Waals surface area contributed by atoms with Crippen LogP contribution in [0, 0.1) is 0 Å². The van der Waals surface area contributed by atoms with Gasteiger partial charge in [0.25, 0.3) is 0 Å². The summed E-state index contributed by atoms with van der Waals surface area (Å²) in [4.78, 5) is 10.6. The van der Waals surface area contributed by atoms with Crippen molar-refractivity contribution in [2.24, 2.45) is 5.73 Å². The molecule has 0 aliphatic heterocycles. The van der Waals surface area contributed by atoms with E-state index in [-0.39, 0.29) is 11.5 Å². The predicted molar refractivity (Wildman–Crippen MR) is 58.0 cm³/mol. The standard InChI is InChI=1S/C11H23NO2/c1-4-8-11(5-2,6-3)14-9-7-10(12)13/h4-9H2,1-3H3,(H2,12,13). The van der Waals surface area contributed by atoms with Crippen LogP contribution < -0.4 is 5.73 Å². The zero-order valence-corrected chi connectivity index (χ0v) is 9.64. The third kappa shape index (κ3) is 4.61. The van der Waals surface area contributed by atoms with Crippen LogP contribution in [-0.4, -0.2) is 18.1 Å². The molecule has 0 bridgehead atoms. The molecule has 3 heteroatoms. The van der Waals surface area contributed by atoms with Crippen LogP contribution in [0.25, 0.3) is 0 Å². The number of ether oxygens (including phenoxy) is 1. The van der Waals surface area contributed by atoms with Crippen LogP contribution >= 0.6 is 0 Å². The van der Waals surface area contributed by atoms with Crippen molar-refractivity contribution in [1.29, 1.82) is 0 Å². The first kappa shape index (κ1) is 13.4. The number of amides is 1. The maximum absolute atomic E-state index is 10.6. The lowest BCUT2D eigenvalue weighted by atomic mass is 9.92. The molecule has 0 heterocycles. The molecule has 0 atom stereocenters. The van der Waals surface area contributed by atoms with E-state index in [1.807, 2.05) is 0 Å². The zero-order valence-electron chi connectivity index (χ0n) is 9.64. The summed E-state index contributed by atoms with van der Waals surface area (Å²) >= 11 is 0. The molecule has 0 spiro atoms. The van der Waals surface area contributed by atoms with E-state index in [0.29, 0.717) is 13.0 Å². The van der Waals surface area contributed by atoms with E-state index in [1.54, 1.807) is 0 Å². The Hall–Kier alpha value is -0.570. The summed E-state index contributed by atoms with van der Waals surface area (Å²) in [5.74, 6) is -0.289. The van der Waals surface area contributed by atoms with Crippen LogP contribution in [-0.2, 0) is 9.53 Å². The first-order valence-electron chi connectivity index (χ1n) is 5.52. The molecule has 3 nitrogen and oxygen atoms in total. The summed E-state index contributed by atoms with van der Waals surface area (Å²) in [6.45, 7) is 6.86. The number of carbonyl (C=O) groups excluding carboxylic acids is 1. The normalized spacial score (nSPS) is 11.6. The molecule has 14 heavy (non-hydrogen) atoms. The van der Waals surface area contributed by atoms with Gasteiger partial charge in [0, 0.05) is 6.42 Å².